The average molecular weight is 430 g/mol. The summed E-state index contributed by atoms with van der Waals surface area (Å²) in [6.07, 6.45) is 2.56. The van der Waals surface area contributed by atoms with Gasteiger partial charge in [-0.25, -0.2) is 9.78 Å². The van der Waals surface area contributed by atoms with E-state index in [0.717, 1.165) is 0 Å². The van der Waals surface area contributed by atoms with E-state index in [-0.39, 0.29) is 11.8 Å². The first-order valence-corrected chi connectivity index (χ1v) is 10.5. The molecule has 4 heterocycles. The number of fused-ring (bicyclic) bond motifs is 1. The molecule has 2 aromatic rings. The number of amides is 4. The monoisotopic (exact) mass is 429 g/mol. The van der Waals surface area contributed by atoms with Gasteiger partial charge < -0.3 is 20.9 Å². The average Bonchev–Trinajstić information content (AvgIpc) is 3.25. The van der Waals surface area contributed by atoms with E-state index in [1.807, 2.05) is 6.07 Å². The predicted octanol–water partition coefficient (Wildman–Crippen LogP) is 0.770. The van der Waals surface area contributed by atoms with Gasteiger partial charge in [0.1, 0.15) is 21.2 Å². The molecule has 4 N–H and O–H groups in total. The van der Waals surface area contributed by atoms with Crippen molar-refractivity contribution in [3.8, 4) is 0 Å². The lowest BCUT2D eigenvalue weighted by atomic mass is 9.87. The van der Waals surface area contributed by atoms with E-state index in [2.05, 4.69) is 31.2 Å². The van der Waals surface area contributed by atoms with Crippen molar-refractivity contribution in [2.24, 2.45) is 4.99 Å². The number of hydrogen-bond acceptors (Lipinski definition) is 7. The van der Waals surface area contributed by atoms with Gasteiger partial charge in [-0.15, -0.1) is 0 Å². The third-order valence-corrected chi connectivity index (χ3v) is 6.41. The number of likely N-dealkylation sites (N-methyl/N-ethyl adjacent to an activating group) is 1. The number of nitrogens with one attached hydrogen (secondary N) is 4. The second-order valence-corrected chi connectivity index (χ2v) is 8.23. The van der Waals surface area contributed by atoms with E-state index in [0.29, 0.717) is 59.1 Å². The lowest BCUT2D eigenvalue weighted by molar-refractivity contribution is -0.125. The largest absolute Gasteiger partial charge is 0.341 e. The summed E-state index contributed by atoms with van der Waals surface area (Å²) in [5, 5.41) is 12.2. The number of carbonyl (C=O) groups is 3. The van der Waals surface area contributed by atoms with Crippen LogP contribution in [0.25, 0.3) is 10.2 Å². The molecule has 0 unspecified atom stereocenters. The van der Waals surface area contributed by atoms with Crippen LogP contribution in [0, 0.1) is 0 Å². The van der Waals surface area contributed by atoms with Crippen molar-refractivity contribution in [2.75, 3.05) is 39.0 Å². The van der Waals surface area contributed by atoms with Crippen molar-refractivity contribution in [3.63, 3.8) is 0 Å². The summed E-state index contributed by atoms with van der Waals surface area (Å²) in [5.41, 5.74) is -0.373. The Bertz CT molecular complexity index is 1040. The first-order chi connectivity index (χ1) is 14.5. The normalized spacial score (nSPS) is 17.7. The van der Waals surface area contributed by atoms with Crippen LogP contribution < -0.4 is 21.3 Å². The van der Waals surface area contributed by atoms with Crippen LogP contribution in [0.15, 0.2) is 23.3 Å². The summed E-state index contributed by atoms with van der Waals surface area (Å²) < 4.78 is 0. The van der Waals surface area contributed by atoms with E-state index >= 15 is 0 Å². The third-order valence-electron chi connectivity index (χ3n) is 5.39. The summed E-state index contributed by atoms with van der Waals surface area (Å²) in [7, 11) is 3.31. The Kier molecular flexibility index (Phi) is 5.39. The molecule has 30 heavy (non-hydrogen) atoms. The molecule has 158 valence electrons. The Hall–Kier alpha value is -3.05. The van der Waals surface area contributed by atoms with Gasteiger partial charge in [0.2, 0.25) is 0 Å². The lowest BCUT2D eigenvalue weighted by Crippen LogP contribution is -2.50. The number of aromatic nitrogens is 1. The highest BCUT2D eigenvalue weighted by molar-refractivity contribution is 7.23. The minimum absolute atomic E-state index is 0.105. The van der Waals surface area contributed by atoms with Gasteiger partial charge in [0, 0.05) is 31.7 Å². The Balaban J connectivity index is 1.58. The molecule has 2 aliphatic heterocycles. The molecular weight excluding hydrogens is 406 g/mol. The smallest absolute Gasteiger partial charge is 0.319 e. The molecule has 0 bridgehead atoms. The van der Waals surface area contributed by atoms with Crippen molar-refractivity contribution in [2.45, 2.75) is 18.4 Å². The van der Waals surface area contributed by atoms with Crippen LogP contribution in [0.4, 0.5) is 9.80 Å². The molecule has 4 rings (SSSR count). The molecule has 0 aliphatic carbocycles. The highest BCUT2D eigenvalue weighted by atomic mass is 32.1. The quantitative estimate of drug-likeness (QED) is 0.571. The number of pyridine rings is 1. The third kappa shape index (κ3) is 3.50. The predicted molar refractivity (Wildman–Crippen MR) is 115 cm³/mol. The van der Waals surface area contributed by atoms with Crippen molar-refractivity contribution >= 4 is 50.2 Å². The molecule has 1 fully saturated rings. The van der Waals surface area contributed by atoms with Crippen molar-refractivity contribution in [1.82, 2.24) is 25.8 Å². The summed E-state index contributed by atoms with van der Waals surface area (Å²) in [4.78, 5) is 49.1. The molecule has 0 saturated carbocycles. The van der Waals surface area contributed by atoms with Gasteiger partial charge in [-0.05, 0) is 32.0 Å². The Labute approximate surface area is 177 Å². The number of aliphatic imine (C=N–C) groups is 1. The molecule has 4 amide bonds. The second kappa shape index (κ2) is 8.00. The van der Waals surface area contributed by atoms with Gasteiger partial charge in [0.05, 0.1) is 12.1 Å². The van der Waals surface area contributed by atoms with Gasteiger partial charge in [-0.2, -0.15) is 0 Å². The number of thiophene rings is 1. The zero-order chi connectivity index (χ0) is 21.3. The number of amidine groups is 1. The van der Waals surface area contributed by atoms with Crippen LogP contribution in [0.2, 0.25) is 0 Å². The molecule has 0 radical (unpaired) electrons. The molecule has 1 spiro atoms. The number of rotatable bonds is 4. The summed E-state index contributed by atoms with van der Waals surface area (Å²) in [6.45, 7) is 1.30. The Morgan fingerprint density at radius 1 is 1.30 bits per heavy atom. The highest BCUT2D eigenvalue weighted by Gasteiger charge is 2.46. The van der Waals surface area contributed by atoms with Gasteiger partial charge >= 0.3 is 6.03 Å². The molecular formula is C19H23N7O3S. The Morgan fingerprint density at radius 2 is 2.07 bits per heavy atom. The molecule has 1 saturated heterocycles. The molecule has 0 aromatic carbocycles. The van der Waals surface area contributed by atoms with E-state index < -0.39 is 11.6 Å². The fraction of sp³-hybridized carbons (Fsp3) is 0.421. The molecule has 2 aliphatic rings. The number of anilines is 1. The van der Waals surface area contributed by atoms with Crippen LogP contribution in [0.3, 0.4) is 0 Å². The topological polar surface area (TPSA) is 128 Å². The van der Waals surface area contributed by atoms with Crippen molar-refractivity contribution in [1.29, 1.82) is 0 Å². The molecule has 0 atom stereocenters. The van der Waals surface area contributed by atoms with Crippen LogP contribution in [0.1, 0.15) is 23.2 Å². The van der Waals surface area contributed by atoms with E-state index in [1.54, 1.807) is 24.2 Å². The zero-order valence-corrected chi connectivity index (χ0v) is 17.6. The van der Waals surface area contributed by atoms with E-state index in [1.165, 1.54) is 18.4 Å². The van der Waals surface area contributed by atoms with Gasteiger partial charge in [-0.1, -0.05) is 11.3 Å². The number of hydrogen-bond donors (Lipinski definition) is 4. The number of urea groups is 1. The Morgan fingerprint density at radius 3 is 2.77 bits per heavy atom. The number of carbonyl (C=O) groups excluding carboxylic acids is 3. The SMILES string of the molecule is CNCC1=NC2(CCN(C(=O)c3c(NC(=O)NC)sc4ncccc34)CC2)C(=O)N1. The number of piperidine rings is 1. The summed E-state index contributed by atoms with van der Waals surface area (Å²) >= 11 is 1.26. The molecule has 10 nitrogen and oxygen atoms in total. The van der Waals surface area contributed by atoms with Gasteiger partial charge in [0.25, 0.3) is 11.8 Å². The number of likely N-dealkylation sites (tertiary alicyclic amines) is 1. The summed E-state index contributed by atoms with van der Waals surface area (Å²) in [6, 6.07) is 3.19. The van der Waals surface area contributed by atoms with Gasteiger partial charge in [0.15, 0.2) is 0 Å². The second-order valence-electron chi connectivity index (χ2n) is 7.23. The maximum absolute atomic E-state index is 13.4. The van der Waals surface area contributed by atoms with Crippen molar-refractivity contribution < 1.29 is 14.4 Å². The molecule has 11 heteroatoms. The first-order valence-electron chi connectivity index (χ1n) is 9.68. The van der Waals surface area contributed by atoms with E-state index in [4.69, 9.17) is 0 Å². The lowest BCUT2D eigenvalue weighted by Gasteiger charge is -2.35. The number of nitrogens with zero attached hydrogens (tertiary/aromatic N) is 3. The molecule has 2 aromatic heterocycles. The minimum atomic E-state index is -0.801. The van der Waals surface area contributed by atoms with Crippen LogP contribution >= 0.6 is 11.3 Å². The standard InChI is InChI=1S/C19H23N7O3S/c1-20-10-12-23-17(28)19(25-12)5-8-26(9-6-19)16(27)13-11-4-3-7-22-14(11)30-15(13)24-18(29)21-2/h3-4,7,20H,5-6,8-10H2,1-2H3,(H2,21,24,29)(H,23,25,28). The fourth-order valence-corrected chi connectivity index (χ4v) is 4.84. The summed E-state index contributed by atoms with van der Waals surface area (Å²) in [5.74, 6) is 0.342. The first kappa shape index (κ1) is 20.2. The van der Waals surface area contributed by atoms with Crippen LogP contribution in [0.5, 0.6) is 0 Å². The van der Waals surface area contributed by atoms with Crippen molar-refractivity contribution in [3.05, 3.63) is 23.9 Å². The van der Waals surface area contributed by atoms with E-state index in [9.17, 15) is 14.4 Å². The zero-order valence-electron chi connectivity index (χ0n) is 16.7. The maximum Gasteiger partial charge on any atom is 0.319 e. The minimum Gasteiger partial charge on any atom is -0.341 e. The highest BCUT2D eigenvalue weighted by Crippen LogP contribution is 2.37. The van der Waals surface area contributed by atoms with Gasteiger partial charge in [-0.3, -0.25) is 19.9 Å². The van der Waals surface area contributed by atoms with Crippen LogP contribution in [-0.4, -0.2) is 72.8 Å². The maximum atomic E-state index is 13.4. The fourth-order valence-electron chi connectivity index (χ4n) is 3.81. The van der Waals surface area contributed by atoms with Crippen LogP contribution in [-0.2, 0) is 4.79 Å².